The summed E-state index contributed by atoms with van der Waals surface area (Å²) >= 11 is 0. The zero-order valence-corrected chi connectivity index (χ0v) is 11.3. The molecule has 1 aromatic heterocycles. The van der Waals surface area contributed by atoms with Gasteiger partial charge in [0, 0.05) is 18.9 Å². The van der Waals surface area contributed by atoms with Crippen LogP contribution in [-0.4, -0.2) is 21.9 Å². The average molecular weight is 264 g/mol. The van der Waals surface area contributed by atoms with Crippen molar-refractivity contribution in [3.8, 4) is 0 Å². The summed E-state index contributed by atoms with van der Waals surface area (Å²) in [6.07, 6.45) is 4.28. The molecule has 0 atom stereocenters. The molecule has 104 valence electrons. The fourth-order valence-electron chi connectivity index (χ4n) is 2.00. The largest absolute Gasteiger partial charge is 0.409 e. The number of oxime groups is 1. The first kappa shape index (κ1) is 14.9. The lowest BCUT2D eigenvalue weighted by atomic mass is 9.80. The zero-order chi connectivity index (χ0) is 14.3. The van der Waals surface area contributed by atoms with E-state index in [0.717, 1.165) is 5.56 Å². The van der Waals surface area contributed by atoms with Crippen molar-refractivity contribution in [2.24, 2.45) is 16.3 Å². The summed E-state index contributed by atoms with van der Waals surface area (Å²) in [6, 6.07) is 3.65. The van der Waals surface area contributed by atoms with Gasteiger partial charge in [-0.25, -0.2) is 0 Å². The lowest BCUT2D eigenvalue weighted by molar-refractivity contribution is -0.128. The van der Waals surface area contributed by atoms with Crippen molar-refractivity contribution in [3.63, 3.8) is 0 Å². The molecule has 0 unspecified atom stereocenters. The van der Waals surface area contributed by atoms with Gasteiger partial charge in [0.2, 0.25) is 5.91 Å². The van der Waals surface area contributed by atoms with E-state index in [1.165, 1.54) is 0 Å². The van der Waals surface area contributed by atoms with Crippen LogP contribution in [0, 0.1) is 5.41 Å². The molecule has 0 aromatic carbocycles. The lowest BCUT2D eigenvalue weighted by Gasteiger charge is -2.28. The fraction of sp³-hybridized carbons (Fsp3) is 0.462. The molecule has 0 fully saturated rings. The van der Waals surface area contributed by atoms with Gasteiger partial charge in [-0.05, 0) is 30.5 Å². The maximum absolute atomic E-state index is 12.3. The topological polar surface area (TPSA) is 101 Å². The van der Waals surface area contributed by atoms with Crippen molar-refractivity contribution in [1.29, 1.82) is 0 Å². The van der Waals surface area contributed by atoms with Crippen molar-refractivity contribution >= 4 is 11.7 Å². The predicted octanol–water partition coefficient (Wildman–Crippen LogP) is 1.25. The molecule has 0 spiro atoms. The summed E-state index contributed by atoms with van der Waals surface area (Å²) in [5, 5.41) is 14.7. The smallest absolute Gasteiger partial charge is 0.234 e. The van der Waals surface area contributed by atoms with Crippen LogP contribution in [0.2, 0.25) is 0 Å². The van der Waals surface area contributed by atoms with Gasteiger partial charge in [0.05, 0.1) is 0 Å². The molecule has 0 aliphatic heterocycles. The molecule has 0 radical (unpaired) electrons. The van der Waals surface area contributed by atoms with E-state index in [9.17, 15) is 4.79 Å². The van der Waals surface area contributed by atoms with Crippen LogP contribution in [0.5, 0.6) is 0 Å². The number of hydrogen-bond acceptors (Lipinski definition) is 4. The first-order valence-corrected chi connectivity index (χ1v) is 6.26. The number of carbonyl (C=O) groups excluding carboxylic acids is 1. The number of amides is 1. The van der Waals surface area contributed by atoms with Crippen LogP contribution in [0.4, 0.5) is 0 Å². The van der Waals surface area contributed by atoms with E-state index in [0.29, 0.717) is 19.4 Å². The average Bonchev–Trinajstić information content (AvgIpc) is 2.47. The number of pyridine rings is 1. The fourth-order valence-corrected chi connectivity index (χ4v) is 2.00. The first-order chi connectivity index (χ1) is 9.10. The standard InChI is InChI=1S/C13H20N4O2/c1-3-13(4-2,11(14)17-19)12(18)16-9-10-5-7-15-8-6-10/h5-8,19H,3-4,9H2,1-2H3,(H2,14,17)(H,16,18). The van der Waals surface area contributed by atoms with Crippen molar-refractivity contribution in [1.82, 2.24) is 10.3 Å². The summed E-state index contributed by atoms with van der Waals surface area (Å²) in [6.45, 7) is 4.07. The Morgan fingerprint density at radius 2 is 2.00 bits per heavy atom. The minimum absolute atomic E-state index is 0.0512. The third-order valence-corrected chi connectivity index (χ3v) is 3.44. The van der Waals surface area contributed by atoms with E-state index < -0.39 is 5.41 Å². The highest BCUT2D eigenvalue weighted by molar-refractivity contribution is 6.06. The molecule has 1 aromatic rings. The molecule has 0 aliphatic rings. The predicted molar refractivity (Wildman–Crippen MR) is 72.5 cm³/mol. The van der Waals surface area contributed by atoms with Gasteiger partial charge in [0.25, 0.3) is 0 Å². The Labute approximate surface area is 112 Å². The summed E-state index contributed by atoms with van der Waals surface area (Å²) in [5.74, 6) is -0.283. The second kappa shape index (κ2) is 6.72. The van der Waals surface area contributed by atoms with Gasteiger partial charge in [-0.3, -0.25) is 9.78 Å². The first-order valence-electron chi connectivity index (χ1n) is 6.26. The van der Waals surface area contributed by atoms with Crippen molar-refractivity contribution in [2.75, 3.05) is 0 Å². The highest BCUT2D eigenvalue weighted by atomic mass is 16.4. The number of nitrogens with two attached hydrogens (primary N) is 1. The lowest BCUT2D eigenvalue weighted by Crippen LogP contribution is -2.49. The van der Waals surface area contributed by atoms with Crippen LogP contribution < -0.4 is 11.1 Å². The maximum Gasteiger partial charge on any atom is 0.234 e. The van der Waals surface area contributed by atoms with E-state index in [2.05, 4.69) is 15.5 Å². The molecule has 0 bridgehead atoms. The Morgan fingerprint density at radius 3 is 2.47 bits per heavy atom. The van der Waals surface area contributed by atoms with Crippen molar-refractivity contribution in [2.45, 2.75) is 33.2 Å². The van der Waals surface area contributed by atoms with Gasteiger partial charge in [-0.1, -0.05) is 19.0 Å². The monoisotopic (exact) mass is 264 g/mol. The molecule has 0 saturated carbocycles. The quantitative estimate of drug-likeness (QED) is 0.311. The van der Waals surface area contributed by atoms with E-state index in [-0.39, 0.29) is 11.7 Å². The molecule has 1 amide bonds. The van der Waals surface area contributed by atoms with E-state index in [1.54, 1.807) is 12.4 Å². The number of nitrogens with zero attached hydrogens (tertiary/aromatic N) is 2. The van der Waals surface area contributed by atoms with Crippen molar-refractivity contribution in [3.05, 3.63) is 30.1 Å². The van der Waals surface area contributed by atoms with E-state index in [4.69, 9.17) is 10.9 Å². The molecule has 4 N–H and O–H groups in total. The Balaban J connectivity index is 2.79. The van der Waals surface area contributed by atoms with Crippen LogP contribution in [0.1, 0.15) is 32.3 Å². The molecule has 0 saturated heterocycles. The summed E-state index contributed by atoms with van der Waals surface area (Å²) in [4.78, 5) is 16.2. The zero-order valence-electron chi connectivity index (χ0n) is 11.3. The number of amidine groups is 1. The summed E-state index contributed by atoms with van der Waals surface area (Å²) in [7, 11) is 0. The van der Waals surface area contributed by atoms with Crippen LogP contribution in [0.25, 0.3) is 0 Å². The molecule has 0 aliphatic carbocycles. The highest BCUT2D eigenvalue weighted by Crippen LogP contribution is 2.27. The van der Waals surface area contributed by atoms with Crippen molar-refractivity contribution < 1.29 is 10.0 Å². The molecule has 6 heteroatoms. The number of hydrogen-bond donors (Lipinski definition) is 3. The second-order valence-electron chi connectivity index (χ2n) is 4.31. The van der Waals surface area contributed by atoms with Gasteiger partial charge in [0.1, 0.15) is 5.41 Å². The molecular formula is C13H20N4O2. The maximum atomic E-state index is 12.3. The summed E-state index contributed by atoms with van der Waals surface area (Å²) in [5.41, 5.74) is 5.66. The van der Waals surface area contributed by atoms with Crippen LogP contribution in [-0.2, 0) is 11.3 Å². The van der Waals surface area contributed by atoms with Gasteiger partial charge >= 0.3 is 0 Å². The molecule has 19 heavy (non-hydrogen) atoms. The number of aromatic nitrogens is 1. The Morgan fingerprint density at radius 1 is 1.42 bits per heavy atom. The van der Waals surface area contributed by atoms with E-state index >= 15 is 0 Å². The summed E-state index contributed by atoms with van der Waals surface area (Å²) < 4.78 is 0. The SMILES string of the molecule is CCC(CC)(C(=O)NCc1ccncc1)C(N)=NO. The Bertz CT molecular complexity index is 441. The molecule has 6 nitrogen and oxygen atoms in total. The third-order valence-electron chi connectivity index (χ3n) is 3.44. The second-order valence-corrected chi connectivity index (χ2v) is 4.31. The van der Waals surface area contributed by atoms with Gasteiger partial charge in [-0.2, -0.15) is 0 Å². The van der Waals surface area contributed by atoms with Crippen LogP contribution in [0.15, 0.2) is 29.7 Å². The number of carbonyl (C=O) groups is 1. The Kier molecular flexibility index (Phi) is 5.29. The van der Waals surface area contributed by atoms with Gasteiger partial charge < -0.3 is 16.3 Å². The van der Waals surface area contributed by atoms with Crippen LogP contribution >= 0.6 is 0 Å². The van der Waals surface area contributed by atoms with E-state index in [1.807, 2.05) is 26.0 Å². The number of rotatable bonds is 6. The number of nitrogens with one attached hydrogen (secondary N) is 1. The Hall–Kier alpha value is -2.11. The molecular weight excluding hydrogens is 244 g/mol. The minimum atomic E-state index is -0.957. The third kappa shape index (κ3) is 3.21. The van der Waals surface area contributed by atoms with Crippen LogP contribution in [0.3, 0.4) is 0 Å². The minimum Gasteiger partial charge on any atom is -0.409 e. The van der Waals surface area contributed by atoms with Gasteiger partial charge in [0.15, 0.2) is 5.84 Å². The molecule has 1 rings (SSSR count). The normalized spacial score (nSPS) is 12.2. The van der Waals surface area contributed by atoms with Gasteiger partial charge in [-0.15, -0.1) is 0 Å². The highest BCUT2D eigenvalue weighted by Gasteiger charge is 2.39. The molecule has 1 heterocycles.